The van der Waals surface area contributed by atoms with Gasteiger partial charge in [0.15, 0.2) is 0 Å². The second-order valence-electron chi connectivity index (χ2n) is 6.76. The van der Waals surface area contributed by atoms with E-state index in [1.807, 2.05) is 65.5 Å². The van der Waals surface area contributed by atoms with Gasteiger partial charge in [-0.15, -0.1) is 5.10 Å². The molecular formula is C19H19N7. The van der Waals surface area contributed by atoms with E-state index >= 15 is 0 Å². The highest BCUT2D eigenvalue weighted by atomic mass is 15.4. The van der Waals surface area contributed by atoms with Crippen LogP contribution in [0.25, 0.3) is 16.9 Å². The molecule has 7 heteroatoms. The molecule has 0 bridgehead atoms. The van der Waals surface area contributed by atoms with Gasteiger partial charge in [-0.3, -0.25) is 0 Å². The zero-order chi connectivity index (χ0) is 17.5. The molecule has 7 nitrogen and oxygen atoms in total. The van der Waals surface area contributed by atoms with Crippen molar-refractivity contribution in [3.05, 3.63) is 67.1 Å². The molecule has 1 saturated carbocycles. The van der Waals surface area contributed by atoms with Crippen LogP contribution in [0.5, 0.6) is 0 Å². The average molecular weight is 345 g/mol. The molecule has 0 aliphatic heterocycles. The highest BCUT2D eigenvalue weighted by molar-refractivity contribution is 5.61. The Kier molecular flexibility index (Phi) is 3.44. The van der Waals surface area contributed by atoms with Gasteiger partial charge in [-0.25, -0.2) is 14.3 Å². The Labute approximate surface area is 150 Å². The molecule has 0 spiro atoms. The van der Waals surface area contributed by atoms with Crippen LogP contribution in [-0.4, -0.2) is 34.3 Å². The second kappa shape index (κ2) is 5.94. The van der Waals surface area contributed by atoms with E-state index in [1.54, 1.807) is 6.20 Å². The fourth-order valence-electron chi connectivity index (χ4n) is 3.39. The van der Waals surface area contributed by atoms with E-state index in [9.17, 15) is 0 Å². The monoisotopic (exact) mass is 345 g/mol. The first-order chi connectivity index (χ1) is 12.8. The topological polar surface area (TPSA) is 66.3 Å². The van der Waals surface area contributed by atoms with Crippen molar-refractivity contribution in [2.45, 2.75) is 18.9 Å². The fourth-order valence-corrected chi connectivity index (χ4v) is 3.39. The molecule has 1 aromatic carbocycles. The lowest BCUT2D eigenvalue weighted by atomic mass is 10.1. The van der Waals surface area contributed by atoms with Crippen LogP contribution in [0.1, 0.15) is 24.7 Å². The van der Waals surface area contributed by atoms with Crippen molar-refractivity contribution in [3.63, 3.8) is 0 Å². The van der Waals surface area contributed by atoms with E-state index in [0.717, 1.165) is 22.8 Å². The third-order valence-corrected chi connectivity index (χ3v) is 4.90. The summed E-state index contributed by atoms with van der Waals surface area (Å²) in [4.78, 5) is 4.55. The third kappa shape index (κ3) is 2.61. The lowest BCUT2D eigenvalue weighted by molar-refractivity contribution is 0.427. The van der Waals surface area contributed by atoms with Crippen LogP contribution in [0.4, 0.5) is 0 Å². The maximum absolute atomic E-state index is 4.55. The molecule has 4 aromatic rings. The lowest BCUT2D eigenvalue weighted by Gasteiger charge is -2.15. The standard InChI is InChI=1S/C19H19N7/c1-24-11-9-20-19(24)18(14-6-7-14)26-13-17(22-23-26)15-4-2-5-16(12-15)25-10-3-8-21-25/h2-5,8-14,18H,6-7H2,1H3/t18-/m1/s1. The Morgan fingerprint density at radius 3 is 2.77 bits per heavy atom. The molecule has 3 aromatic heterocycles. The van der Waals surface area contributed by atoms with Crippen LogP contribution < -0.4 is 0 Å². The minimum absolute atomic E-state index is 0.144. The molecule has 0 unspecified atom stereocenters. The molecule has 1 aliphatic carbocycles. The van der Waals surface area contributed by atoms with E-state index < -0.39 is 0 Å². The fraction of sp³-hybridized carbons (Fsp3) is 0.263. The first kappa shape index (κ1) is 15.1. The number of aromatic nitrogens is 7. The summed E-state index contributed by atoms with van der Waals surface area (Å²) in [5.41, 5.74) is 2.89. The molecule has 0 N–H and O–H groups in total. The minimum Gasteiger partial charge on any atom is -0.336 e. The van der Waals surface area contributed by atoms with E-state index in [1.165, 1.54) is 12.8 Å². The van der Waals surface area contributed by atoms with Gasteiger partial charge >= 0.3 is 0 Å². The van der Waals surface area contributed by atoms with Crippen molar-refractivity contribution >= 4 is 0 Å². The molecule has 1 aliphatic rings. The number of benzene rings is 1. The van der Waals surface area contributed by atoms with Crippen LogP contribution in [0.2, 0.25) is 0 Å². The Hall–Kier alpha value is -3.22. The maximum atomic E-state index is 4.55. The Balaban J connectivity index is 1.50. The number of imidazole rings is 1. The van der Waals surface area contributed by atoms with Crippen molar-refractivity contribution in [1.29, 1.82) is 0 Å². The summed E-state index contributed by atoms with van der Waals surface area (Å²) >= 11 is 0. The summed E-state index contributed by atoms with van der Waals surface area (Å²) in [5.74, 6) is 1.62. The van der Waals surface area contributed by atoms with Gasteiger partial charge in [0.05, 0.1) is 11.9 Å². The van der Waals surface area contributed by atoms with Gasteiger partial charge in [0, 0.05) is 37.4 Å². The number of nitrogens with zero attached hydrogens (tertiary/aromatic N) is 7. The average Bonchev–Trinajstić information content (AvgIpc) is 3.08. The number of aryl methyl sites for hydroxylation is 1. The number of hydrogen-bond donors (Lipinski definition) is 0. The molecular weight excluding hydrogens is 326 g/mol. The molecule has 5 rings (SSSR count). The summed E-state index contributed by atoms with van der Waals surface area (Å²) in [6, 6.07) is 10.2. The van der Waals surface area contributed by atoms with Crippen molar-refractivity contribution in [1.82, 2.24) is 34.3 Å². The number of hydrogen-bond acceptors (Lipinski definition) is 4. The second-order valence-corrected chi connectivity index (χ2v) is 6.76. The van der Waals surface area contributed by atoms with E-state index in [2.05, 4.69) is 31.0 Å². The maximum Gasteiger partial charge on any atom is 0.133 e. The summed E-state index contributed by atoms with van der Waals surface area (Å²) in [5, 5.41) is 13.2. The highest BCUT2D eigenvalue weighted by Crippen LogP contribution is 2.42. The van der Waals surface area contributed by atoms with Gasteiger partial charge in [0.2, 0.25) is 0 Å². The summed E-state index contributed by atoms with van der Waals surface area (Å²) in [6.45, 7) is 0. The molecule has 26 heavy (non-hydrogen) atoms. The normalized spacial score (nSPS) is 15.3. The van der Waals surface area contributed by atoms with E-state index in [0.29, 0.717) is 5.92 Å². The van der Waals surface area contributed by atoms with E-state index in [-0.39, 0.29) is 6.04 Å². The summed E-state index contributed by atoms with van der Waals surface area (Å²) in [7, 11) is 2.03. The van der Waals surface area contributed by atoms with Crippen LogP contribution in [0.15, 0.2) is 61.3 Å². The first-order valence-corrected chi connectivity index (χ1v) is 8.79. The summed E-state index contributed by atoms with van der Waals surface area (Å²) < 4.78 is 5.88. The van der Waals surface area contributed by atoms with Gasteiger partial charge in [-0.1, -0.05) is 17.3 Å². The molecule has 0 saturated heterocycles. The first-order valence-electron chi connectivity index (χ1n) is 8.79. The van der Waals surface area contributed by atoms with Gasteiger partial charge in [0.25, 0.3) is 0 Å². The van der Waals surface area contributed by atoms with E-state index in [4.69, 9.17) is 0 Å². The lowest BCUT2D eigenvalue weighted by Crippen LogP contribution is -2.17. The predicted molar refractivity (Wildman–Crippen MR) is 96.7 cm³/mol. The minimum atomic E-state index is 0.144. The van der Waals surface area contributed by atoms with Crippen molar-refractivity contribution in [3.8, 4) is 16.9 Å². The van der Waals surface area contributed by atoms with Crippen molar-refractivity contribution in [2.24, 2.45) is 13.0 Å². The van der Waals surface area contributed by atoms with Gasteiger partial charge < -0.3 is 4.57 Å². The zero-order valence-corrected chi connectivity index (χ0v) is 14.5. The van der Waals surface area contributed by atoms with Crippen LogP contribution in [0.3, 0.4) is 0 Å². The number of rotatable bonds is 5. The van der Waals surface area contributed by atoms with Gasteiger partial charge in [-0.2, -0.15) is 5.10 Å². The molecule has 0 radical (unpaired) electrons. The van der Waals surface area contributed by atoms with Crippen LogP contribution >= 0.6 is 0 Å². The Bertz CT molecular complexity index is 1020. The van der Waals surface area contributed by atoms with Crippen LogP contribution in [0, 0.1) is 5.92 Å². The smallest absolute Gasteiger partial charge is 0.133 e. The van der Waals surface area contributed by atoms with Crippen molar-refractivity contribution < 1.29 is 0 Å². The van der Waals surface area contributed by atoms with Gasteiger partial charge in [0.1, 0.15) is 17.6 Å². The molecule has 1 atom stereocenters. The SMILES string of the molecule is Cn1ccnc1[C@@H](C1CC1)n1cc(-c2cccc(-n3cccn3)c2)nn1. The Morgan fingerprint density at radius 1 is 1.12 bits per heavy atom. The Morgan fingerprint density at radius 2 is 2.04 bits per heavy atom. The summed E-state index contributed by atoms with van der Waals surface area (Å²) in [6.07, 6.45) is 12.0. The van der Waals surface area contributed by atoms with Crippen LogP contribution in [-0.2, 0) is 7.05 Å². The molecule has 0 amide bonds. The molecule has 1 fully saturated rings. The third-order valence-electron chi connectivity index (χ3n) is 4.90. The quantitative estimate of drug-likeness (QED) is 0.558. The predicted octanol–water partition coefficient (Wildman–Crippen LogP) is 2.86. The van der Waals surface area contributed by atoms with Crippen molar-refractivity contribution in [2.75, 3.05) is 0 Å². The molecule has 130 valence electrons. The zero-order valence-electron chi connectivity index (χ0n) is 14.5. The van der Waals surface area contributed by atoms with Gasteiger partial charge in [-0.05, 0) is 37.0 Å². The molecule has 3 heterocycles. The highest BCUT2D eigenvalue weighted by Gasteiger charge is 2.36. The largest absolute Gasteiger partial charge is 0.336 e.